The second-order valence-electron chi connectivity index (χ2n) is 3.19. The third-order valence-electron chi connectivity index (χ3n) is 1.79. The first-order valence-electron chi connectivity index (χ1n) is 3.49. The lowest BCUT2D eigenvalue weighted by atomic mass is 10.1. The van der Waals surface area contributed by atoms with Gasteiger partial charge in [-0.25, -0.2) is 0 Å². The van der Waals surface area contributed by atoms with Crippen LogP contribution in [0, 0.1) is 0 Å². The first kappa shape index (κ1) is 10.2. The molecule has 0 aromatic carbocycles. The van der Waals surface area contributed by atoms with E-state index in [0.717, 1.165) is 6.42 Å². The summed E-state index contributed by atoms with van der Waals surface area (Å²) in [5, 5.41) is 3.10. The van der Waals surface area contributed by atoms with Crippen molar-refractivity contribution in [1.82, 2.24) is 5.32 Å². The molecule has 1 rings (SSSR count). The number of ether oxygens (including phenoxy) is 1. The average molecular weight is 166 g/mol. The standard InChI is InChI=1S/C7H15NO.ClH/c1-7(2)5-4-6(8-3)9-7;/h6,8H,4-5H2,1-3H3;1H/t6-;/m0./s1. The SMILES string of the molecule is CN[C@@H]1CCC(C)(C)O1.Cl. The zero-order chi connectivity index (χ0) is 6.91. The molecular weight excluding hydrogens is 150 g/mol. The maximum Gasteiger partial charge on any atom is 0.108 e. The minimum atomic E-state index is 0. The van der Waals surface area contributed by atoms with E-state index in [1.165, 1.54) is 6.42 Å². The molecule has 0 radical (unpaired) electrons. The molecule has 10 heavy (non-hydrogen) atoms. The predicted molar refractivity (Wildman–Crippen MR) is 44.5 cm³/mol. The molecule has 0 spiro atoms. The smallest absolute Gasteiger partial charge is 0.108 e. The summed E-state index contributed by atoms with van der Waals surface area (Å²) in [6, 6.07) is 0. The van der Waals surface area contributed by atoms with Crippen molar-refractivity contribution < 1.29 is 4.74 Å². The van der Waals surface area contributed by atoms with E-state index in [4.69, 9.17) is 4.74 Å². The maximum atomic E-state index is 5.59. The van der Waals surface area contributed by atoms with Crippen LogP contribution in [0.25, 0.3) is 0 Å². The second kappa shape index (κ2) is 3.56. The molecule has 0 amide bonds. The fourth-order valence-corrected chi connectivity index (χ4v) is 1.18. The minimum absolute atomic E-state index is 0. The Morgan fingerprint density at radius 3 is 2.30 bits per heavy atom. The number of nitrogens with one attached hydrogen (secondary N) is 1. The monoisotopic (exact) mass is 165 g/mol. The van der Waals surface area contributed by atoms with Crippen molar-refractivity contribution in [3.8, 4) is 0 Å². The maximum absolute atomic E-state index is 5.59. The summed E-state index contributed by atoms with van der Waals surface area (Å²) in [5.41, 5.74) is 0.105. The van der Waals surface area contributed by atoms with Gasteiger partial charge >= 0.3 is 0 Å². The normalized spacial score (nSPS) is 29.7. The number of hydrogen-bond acceptors (Lipinski definition) is 2. The number of halogens is 1. The minimum Gasteiger partial charge on any atom is -0.358 e. The highest BCUT2D eigenvalue weighted by atomic mass is 35.5. The van der Waals surface area contributed by atoms with Crippen LogP contribution < -0.4 is 5.32 Å². The van der Waals surface area contributed by atoms with Crippen LogP contribution in [0.4, 0.5) is 0 Å². The molecule has 0 aliphatic carbocycles. The van der Waals surface area contributed by atoms with Crippen molar-refractivity contribution in [2.45, 2.75) is 38.5 Å². The molecule has 0 unspecified atom stereocenters. The molecule has 0 saturated carbocycles. The lowest BCUT2D eigenvalue weighted by Crippen LogP contribution is -2.28. The predicted octanol–water partition coefficient (Wildman–Crippen LogP) is 1.54. The van der Waals surface area contributed by atoms with Crippen molar-refractivity contribution in [3.63, 3.8) is 0 Å². The molecule has 0 aromatic heterocycles. The first-order valence-corrected chi connectivity index (χ1v) is 3.49. The van der Waals surface area contributed by atoms with Crippen LogP contribution in [0.3, 0.4) is 0 Å². The van der Waals surface area contributed by atoms with Gasteiger partial charge in [0.25, 0.3) is 0 Å². The first-order chi connectivity index (χ1) is 4.14. The Bertz CT molecular complexity index is 106. The van der Waals surface area contributed by atoms with Gasteiger partial charge in [0.1, 0.15) is 6.23 Å². The van der Waals surface area contributed by atoms with E-state index in [1.807, 2.05) is 7.05 Å². The van der Waals surface area contributed by atoms with Crippen molar-refractivity contribution >= 4 is 12.4 Å². The molecule has 2 nitrogen and oxygen atoms in total. The molecule has 1 heterocycles. The van der Waals surface area contributed by atoms with Crippen molar-refractivity contribution in [2.24, 2.45) is 0 Å². The summed E-state index contributed by atoms with van der Waals surface area (Å²) in [6.07, 6.45) is 2.60. The summed E-state index contributed by atoms with van der Waals surface area (Å²) < 4.78 is 5.59. The summed E-state index contributed by atoms with van der Waals surface area (Å²) >= 11 is 0. The molecule has 0 bridgehead atoms. The van der Waals surface area contributed by atoms with Crippen LogP contribution in [-0.4, -0.2) is 18.9 Å². The van der Waals surface area contributed by atoms with Gasteiger partial charge in [-0.1, -0.05) is 0 Å². The Balaban J connectivity index is 0.000000810. The summed E-state index contributed by atoms with van der Waals surface area (Å²) in [4.78, 5) is 0. The fourth-order valence-electron chi connectivity index (χ4n) is 1.18. The molecule has 1 fully saturated rings. The summed E-state index contributed by atoms with van der Waals surface area (Å²) in [7, 11) is 1.94. The summed E-state index contributed by atoms with van der Waals surface area (Å²) in [5.74, 6) is 0. The van der Waals surface area contributed by atoms with Gasteiger partial charge in [0.15, 0.2) is 0 Å². The van der Waals surface area contributed by atoms with Crippen LogP contribution in [-0.2, 0) is 4.74 Å². The van der Waals surface area contributed by atoms with Crippen LogP contribution >= 0.6 is 12.4 Å². The van der Waals surface area contributed by atoms with Crippen molar-refractivity contribution in [2.75, 3.05) is 7.05 Å². The van der Waals surface area contributed by atoms with Crippen LogP contribution in [0.1, 0.15) is 26.7 Å². The van der Waals surface area contributed by atoms with E-state index in [9.17, 15) is 0 Å². The molecule has 1 N–H and O–H groups in total. The van der Waals surface area contributed by atoms with Gasteiger partial charge in [-0.05, 0) is 33.7 Å². The highest BCUT2D eigenvalue weighted by molar-refractivity contribution is 5.85. The second-order valence-corrected chi connectivity index (χ2v) is 3.19. The number of hydrogen-bond donors (Lipinski definition) is 1. The Morgan fingerprint density at radius 1 is 1.50 bits per heavy atom. The van der Waals surface area contributed by atoms with E-state index in [2.05, 4.69) is 19.2 Å². The Hall–Kier alpha value is 0.210. The van der Waals surface area contributed by atoms with E-state index in [1.54, 1.807) is 0 Å². The lowest BCUT2D eigenvalue weighted by molar-refractivity contribution is -0.0262. The van der Waals surface area contributed by atoms with Gasteiger partial charge in [-0.3, -0.25) is 5.32 Å². The largest absolute Gasteiger partial charge is 0.358 e. The van der Waals surface area contributed by atoms with E-state index >= 15 is 0 Å². The topological polar surface area (TPSA) is 21.3 Å². The van der Waals surface area contributed by atoms with Crippen LogP contribution in [0.15, 0.2) is 0 Å². The third kappa shape index (κ3) is 2.45. The Kier molecular flexibility index (Phi) is 3.63. The number of rotatable bonds is 1. The van der Waals surface area contributed by atoms with Crippen LogP contribution in [0.5, 0.6) is 0 Å². The zero-order valence-corrected chi connectivity index (χ0v) is 7.62. The third-order valence-corrected chi connectivity index (χ3v) is 1.79. The van der Waals surface area contributed by atoms with Crippen molar-refractivity contribution in [1.29, 1.82) is 0 Å². The quantitative estimate of drug-likeness (QED) is 0.637. The zero-order valence-electron chi connectivity index (χ0n) is 6.81. The molecule has 1 atom stereocenters. The highest BCUT2D eigenvalue weighted by Crippen LogP contribution is 2.27. The van der Waals surface area contributed by atoms with Gasteiger partial charge < -0.3 is 4.74 Å². The summed E-state index contributed by atoms with van der Waals surface area (Å²) in [6.45, 7) is 4.26. The Morgan fingerprint density at radius 2 is 2.10 bits per heavy atom. The molecule has 1 saturated heterocycles. The fraction of sp³-hybridized carbons (Fsp3) is 1.00. The molecule has 62 valence electrons. The van der Waals surface area contributed by atoms with E-state index in [0.29, 0.717) is 6.23 Å². The van der Waals surface area contributed by atoms with Gasteiger partial charge in [-0.2, -0.15) is 0 Å². The molecular formula is C7H16ClNO. The Labute approximate surface area is 68.7 Å². The van der Waals surface area contributed by atoms with Gasteiger partial charge in [-0.15, -0.1) is 12.4 Å². The van der Waals surface area contributed by atoms with Gasteiger partial charge in [0.05, 0.1) is 5.60 Å². The lowest BCUT2D eigenvalue weighted by Gasteiger charge is -2.18. The van der Waals surface area contributed by atoms with Crippen LogP contribution in [0.2, 0.25) is 0 Å². The van der Waals surface area contributed by atoms with E-state index in [-0.39, 0.29) is 18.0 Å². The molecule has 1 aliphatic rings. The molecule has 1 aliphatic heterocycles. The molecule has 3 heteroatoms. The molecule has 0 aromatic rings. The van der Waals surface area contributed by atoms with Gasteiger partial charge in [0.2, 0.25) is 0 Å². The van der Waals surface area contributed by atoms with E-state index < -0.39 is 0 Å². The van der Waals surface area contributed by atoms with Gasteiger partial charge in [0, 0.05) is 0 Å². The van der Waals surface area contributed by atoms with Crippen molar-refractivity contribution in [3.05, 3.63) is 0 Å². The average Bonchev–Trinajstić information content (AvgIpc) is 2.10. The highest BCUT2D eigenvalue weighted by Gasteiger charge is 2.30.